The van der Waals surface area contributed by atoms with Gasteiger partial charge in [-0.3, -0.25) is 9.78 Å². The van der Waals surface area contributed by atoms with Crippen LogP contribution < -0.4 is 4.74 Å². The van der Waals surface area contributed by atoms with Crippen molar-refractivity contribution < 1.29 is 9.53 Å². The molecule has 2 rings (SSSR count). The zero-order chi connectivity index (χ0) is 16.5. The number of halogens is 1. The fraction of sp³-hybridized carbons (Fsp3) is 0.235. The van der Waals surface area contributed by atoms with Gasteiger partial charge in [-0.15, -0.1) is 0 Å². The summed E-state index contributed by atoms with van der Waals surface area (Å²) in [5, 5.41) is 8.76. The zero-order valence-corrected chi connectivity index (χ0v) is 14.6. The molecule has 0 aliphatic carbocycles. The molecule has 0 spiro atoms. The van der Waals surface area contributed by atoms with E-state index in [-0.39, 0.29) is 18.9 Å². The SMILES string of the molecule is N#CCCN(Cc1cccnc1)C(=O)COc1ccc(I)cc1. The van der Waals surface area contributed by atoms with Gasteiger partial charge < -0.3 is 9.64 Å². The van der Waals surface area contributed by atoms with Crippen LogP contribution in [0.1, 0.15) is 12.0 Å². The van der Waals surface area contributed by atoms with E-state index >= 15 is 0 Å². The van der Waals surface area contributed by atoms with Crippen LogP contribution in [0, 0.1) is 14.9 Å². The second kappa shape index (κ2) is 9.10. The maximum absolute atomic E-state index is 12.4. The van der Waals surface area contributed by atoms with Crippen molar-refractivity contribution in [2.24, 2.45) is 0 Å². The summed E-state index contributed by atoms with van der Waals surface area (Å²) in [4.78, 5) is 18.0. The minimum atomic E-state index is -0.150. The normalized spacial score (nSPS) is 9.91. The maximum Gasteiger partial charge on any atom is 0.260 e. The highest BCUT2D eigenvalue weighted by Crippen LogP contribution is 2.14. The second-order valence-corrected chi connectivity index (χ2v) is 6.07. The molecule has 0 bridgehead atoms. The van der Waals surface area contributed by atoms with E-state index in [0.29, 0.717) is 18.8 Å². The average Bonchev–Trinajstić information content (AvgIpc) is 2.58. The third-order valence-corrected chi connectivity index (χ3v) is 3.84. The van der Waals surface area contributed by atoms with Gasteiger partial charge in [-0.25, -0.2) is 0 Å². The summed E-state index contributed by atoms with van der Waals surface area (Å²) in [5.74, 6) is 0.503. The Bertz CT molecular complexity index is 668. The predicted octanol–water partition coefficient (Wildman–Crippen LogP) is 3.01. The minimum absolute atomic E-state index is 0.0493. The van der Waals surface area contributed by atoms with Gasteiger partial charge in [0.2, 0.25) is 0 Å². The monoisotopic (exact) mass is 421 g/mol. The van der Waals surface area contributed by atoms with Crippen molar-refractivity contribution in [3.8, 4) is 11.8 Å². The minimum Gasteiger partial charge on any atom is -0.484 e. The van der Waals surface area contributed by atoms with Crippen LogP contribution >= 0.6 is 22.6 Å². The van der Waals surface area contributed by atoms with Crippen molar-refractivity contribution in [3.05, 3.63) is 57.9 Å². The standard InChI is InChI=1S/C17H16IN3O2/c18-15-4-6-16(7-5-15)23-13-17(22)21(10-2-8-19)12-14-3-1-9-20-11-14/h1,3-7,9,11H,2,10,12-13H2. The molecule has 118 valence electrons. The summed E-state index contributed by atoms with van der Waals surface area (Å²) in [6, 6.07) is 13.3. The summed E-state index contributed by atoms with van der Waals surface area (Å²) in [6.07, 6.45) is 3.69. The lowest BCUT2D eigenvalue weighted by atomic mass is 10.2. The molecule has 5 nitrogen and oxygen atoms in total. The topological polar surface area (TPSA) is 66.2 Å². The summed E-state index contributed by atoms with van der Waals surface area (Å²) >= 11 is 2.21. The largest absolute Gasteiger partial charge is 0.484 e. The number of ether oxygens (including phenoxy) is 1. The number of pyridine rings is 1. The highest BCUT2D eigenvalue weighted by molar-refractivity contribution is 14.1. The molecule has 0 atom stereocenters. The van der Waals surface area contributed by atoms with Gasteiger partial charge in [-0.2, -0.15) is 5.26 Å². The Morgan fingerprint density at radius 1 is 1.30 bits per heavy atom. The van der Waals surface area contributed by atoms with Crippen LogP contribution in [0.3, 0.4) is 0 Å². The second-order valence-electron chi connectivity index (χ2n) is 4.83. The molecule has 6 heteroatoms. The Labute approximate surface area is 149 Å². The Balaban J connectivity index is 1.95. The van der Waals surface area contributed by atoms with Crippen LogP contribution in [-0.4, -0.2) is 28.9 Å². The first-order valence-corrected chi connectivity index (χ1v) is 8.19. The van der Waals surface area contributed by atoms with Gasteiger partial charge in [-0.05, 0) is 58.5 Å². The van der Waals surface area contributed by atoms with Gasteiger partial charge in [0.25, 0.3) is 5.91 Å². The van der Waals surface area contributed by atoms with Crippen molar-refractivity contribution in [1.29, 1.82) is 5.26 Å². The number of carbonyl (C=O) groups is 1. The van der Waals surface area contributed by atoms with E-state index in [1.54, 1.807) is 17.3 Å². The van der Waals surface area contributed by atoms with E-state index in [0.717, 1.165) is 9.13 Å². The highest BCUT2D eigenvalue weighted by atomic mass is 127. The van der Waals surface area contributed by atoms with Crippen molar-refractivity contribution in [2.45, 2.75) is 13.0 Å². The van der Waals surface area contributed by atoms with Gasteiger partial charge in [0.15, 0.2) is 6.61 Å². The molecular weight excluding hydrogens is 405 g/mol. The lowest BCUT2D eigenvalue weighted by Gasteiger charge is -2.21. The summed E-state index contributed by atoms with van der Waals surface area (Å²) in [7, 11) is 0. The molecular formula is C17H16IN3O2. The van der Waals surface area contributed by atoms with Crippen LogP contribution in [0.2, 0.25) is 0 Å². The van der Waals surface area contributed by atoms with E-state index in [1.807, 2.05) is 36.4 Å². The van der Waals surface area contributed by atoms with Gasteiger partial charge in [0, 0.05) is 29.1 Å². The molecule has 0 aliphatic rings. The maximum atomic E-state index is 12.4. The molecule has 0 N–H and O–H groups in total. The average molecular weight is 421 g/mol. The lowest BCUT2D eigenvalue weighted by molar-refractivity contribution is -0.133. The summed E-state index contributed by atoms with van der Waals surface area (Å²) < 4.78 is 6.63. The van der Waals surface area contributed by atoms with Gasteiger partial charge in [-0.1, -0.05) is 6.07 Å². The molecule has 23 heavy (non-hydrogen) atoms. The molecule has 0 fully saturated rings. The molecule has 0 saturated carbocycles. The third kappa shape index (κ3) is 5.87. The molecule has 1 aromatic carbocycles. The number of nitriles is 1. The molecule has 2 aromatic rings. The number of amides is 1. The van der Waals surface area contributed by atoms with E-state index in [4.69, 9.17) is 10.00 Å². The highest BCUT2D eigenvalue weighted by Gasteiger charge is 2.14. The van der Waals surface area contributed by atoms with Crippen LogP contribution in [0.15, 0.2) is 48.8 Å². The zero-order valence-electron chi connectivity index (χ0n) is 12.5. The lowest BCUT2D eigenvalue weighted by Crippen LogP contribution is -2.35. The molecule has 0 aliphatic heterocycles. The molecule has 0 saturated heterocycles. The first-order chi connectivity index (χ1) is 11.2. The predicted molar refractivity (Wildman–Crippen MR) is 94.5 cm³/mol. The Morgan fingerprint density at radius 3 is 2.74 bits per heavy atom. The molecule has 0 unspecified atom stereocenters. The molecule has 0 radical (unpaired) electrons. The van der Waals surface area contributed by atoms with Crippen molar-refractivity contribution in [3.63, 3.8) is 0 Å². The summed E-state index contributed by atoms with van der Waals surface area (Å²) in [6.45, 7) is 0.747. The van der Waals surface area contributed by atoms with Gasteiger partial charge >= 0.3 is 0 Å². The Hall–Kier alpha value is -2.14. The fourth-order valence-corrected chi connectivity index (χ4v) is 2.32. The van der Waals surface area contributed by atoms with Crippen molar-refractivity contribution >= 4 is 28.5 Å². The Morgan fingerprint density at radius 2 is 2.09 bits per heavy atom. The van der Waals surface area contributed by atoms with E-state index in [9.17, 15) is 4.79 Å². The smallest absolute Gasteiger partial charge is 0.260 e. The fourth-order valence-electron chi connectivity index (χ4n) is 1.96. The number of benzene rings is 1. The number of nitrogens with zero attached hydrogens (tertiary/aromatic N) is 3. The quantitative estimate of drug-likeness (QED) is 0.645. The first-order valence-electron chi connectivity index (χ1n) is 7.11. The molecule has 1 heterocycles. The van der Waals surface area contributed by atoms with Gasteiger partial charge in [0.05, 0.1) is 12.5 Å². The van der Waals surface area contributed by atoms with E-state index in [2.05, 4.69) is 33.6 Å². The Kier molecular flexibility index (Phi) is 6.81. The van der Waals surface area contributed by atoms with Crippen molar-refractivity contribution in [2.75, 3.05) is 13.2 Å². The van der Waals surface area contributed by atoms with E-state index in [1.165, 1.54) is 0 Å². The van der Waals surface area contributed by atoms with Crippen LogP contribution in [-0.2, 0) is 11.3 Å². The number of carbonyl (C=O) groups excluding carboxylic acids is 1. The van der Waals surface area contributed by atoms with Crippen LogP contribution in [0.5, 0.6) is 5.75 Å². The number of hydrogen-bond acceptors (Lipinski definition) is 4. The third-order valence-electron chi connectivity index (χ3n) is 3.12. The molecule has 1 aromatic heterocycles. The van der Waals surface area contributed by atoms with E-state index < -0.39 is 0 Å². The van der Waals surface area contributed by atoms with Gasteiger partial charge in [0.1, 0.15) is 5.75 Å². The first kappa shape index (κ1) is 17.2. The molecule has 1 amide bonds. The number of hydrogen-bond donors (Lipinski definition) is 0. The van der Waals surface area contributed by atoms with Crippen molar-refractivity contribution in [1.82, 2.24) is 9.88 Å². The van der Waals surface area contributed by atoms with Crippen LogP contribution in [0.25, 0.3) is 0 Å². The van der Waals surface area contributed by atoms with Crippen LogP contribution in [0.4, 0.5) is 0 Å². The number of aromatic nitrogens is 1. The summed E-state index contributed by atoms with van der Waals surface area (Å²) in [5.41, 5.74) is 0.924. The number of rotatable bonds is 7.